The Morgan fingerprint density at radius 2 is 0.667 bits per heavy atom. The first-order chi connectivity index (χ1) is 29.6. The molecule has 0 fully saturated rings. The van der Waals surface area contributed by atoms with Crippen LogP contribution in [0.15, 0.2) is 218 Å². The summed E-state index contributed by atoms with van der Waals surface area (Å²) in [5.74, 6) is 0.0444. The predicted octanol–water partition coefficient (Wildman–Crippen LogP) is 13.7. The summed E-state index contributed by atoms with van der Waals surface area (Å²) in [5.41, 5.74) is 13.7. The fourth-order valence-electron chi connectivity index (χ4n) is 8.80. The van der Waals surface area contributed by atoms with Crippen molar-refractivity contribution in [3.05, 3.63) is 241 Å². The molecule has 282 valence electrons. The molecule has 0 aliphatic carbocycles. The summed E-state index contributed by atoms with van der Waals surface area (Å²) in [6.45, 7) is 0. The van der Waals surface area contributed by atoms with Crippen molar-refractivity contribution in [2.24, 2.45) is 0 Å². The molecular formula is C56H36N2O2. The summed E-state index contributed by atoms with van der Waals surface area (Å²) in [5, 5.41) is 4.79. The number of carbonyl (C=O) groups excluding carboxylic acids is 2. The van der Waals surface area contributed by atoms with Crippen molar-refractivity contribution in [3.8, 4) is 33.6 Å². The Morgan fingerprint density at radius 3 is 1.17 bits per heavy atom. The molecule has 0 spiro atoms. The molecule has 0 amide bonds. The van der Waals surface area contributed by atoms with Crippen LogP contribution in [0.4, 0.5) is 0 Å². The van der Waals surface area contributed by atoms with Crippen LogP contribution in [0.5, 0.6) is 0 Å². The van der Waals surface area contributed by atoms with Gasteiger partial charge in [-0.05, 0) is 64.7 Å². The summed E-state index contributed by atoms with van der Waals surface area (Å²) < 4.78 is 4.78. The Hall–Kier alpha value is -8.08. The van der Waals surface area contributed by atoms with E-state index in [1.165, 1.54) is 27.1 Å². The van der Waals surface area contributed by atoms with Gasteiger partial charge >= 0.3 is 0 Å². The van der Waals surface area contributed by atoms with Crippen LogP contribution in [0.1, 0.15) is 31.8 Å². The monoisotopic (exact) mass is 768 g/mol. The lowest BCUT2D eigenvalue weighted by atomic mass is 9.99. The van der Waals surface area contributed by atoms with Gasteiger partial charge in [0.05, 0.1) is 22.1 Å². The molecule has 0 unspecified atom stereocenters. The average molecular weight is 769 g/mol. The number of aromatic nitrogens is 2. The molecular weight excluding hydrogens is 733 g/mol. The molecule has 0 bridgehead atoms. The molecule has 4 heteroatoms. The van der Waals surface area contributed by atoms with Crippen LogP contribution in [0.2, 0.25) is 0 Å². The molecule has 60 heavy (non-hydrogen) atoms. The molecule has 0 N–H and O–H groups in total. The SMILES string of the molecule is O=C(c1ccccc1)c1ccc(-c2ccc(-n3c4ccccc4c4c3ccc3c5ccccc5n(-c5ccc(-c6ccc(C(=O)c7ccccc7)cc6)cc5)c34)cc2)cc1. The van der Waals surface area contributed by atoms with Gasteiger partial charge in [0.15, 0.2) is 11.6 Å². The van der Waals surface area contributed by atoms with Crippen molar-refractivity contribution in [3.63, 3.8) is 0 Å². The number of para-hydroxylation sites is 2. The molecule has 0 radical (unpaired) electrons. The number of rotatable bonds is 8. The minimum atomic E-state index is 0.0220. The molecule has 2 aromatic heterocycles. The zero-order valence-corrected chi connectivity index (χ0v) is 32.5. The molecule has 11 rings (SSSR count). The van der Waals surface area contributed by atoms with E-state index < -0.39 is 0 Å². The van der Waals surface area contributed by atoms with Gasteiger partial charge in [0.1, 0.15) is 0 Å². The highest BCUT2D eigenvalue weighted by molar-refractivity contribution is 6.26. The molecule has 0 atom stereocenters. The number of hydrogen-bond acceptors (Lipinski definition) is 2. The van der Waals surface area contributed by atoms with E-state index in [4.69, 9.17) is 0 Å². The summed E-state index contributed by atoms with van der Waals surface area (Å²) in [7, 11) is 0. The van der Waals surface area contributed by atoms with Gasteiger partial charge in [-0.15, -0.1) is 0 Å². The van der Waals surface area contributed by atoms with E-state index in [1.807, 2.05) is 109 Å². The third-order valence-electron chi connectivity index (χ3n) is 11.8. The second kappa shape index (κ2) is 14.4. The maximum Gasteiger partial charge on any atom is 0.193 e. The lowest BCUT2D eigenvalue weighted by Gasteiger charge is -2.12. The summed E-state index contributed by atoms with van der Waals surface area (Å²) in [6.07, 6.45) is 0. The molecule has 0 saturated carbocycles. The first-order valence-corrected chi connectivity index (χ1v) is 20.2. The number of fused-ring (bicyclic) bond motifs is 7. The summed E-state index contributed by atoms with van der Waals surface area (Å²) in [4.78, 5) is 26.1. The number of nitrogens with zero attached hydrogens (tertiary/aromatic N) is 2. The zero-order valence-electron chi connectivity index (χ0n) is 32.5. The third kappa shape index (κ3) is 5.85. The smallest absolute Gasteiger partial charge is 0.193 e. The van der Waals surface area contributed by atoms with E-state index in [0.29, 0.717) is 22.3 Å². The van der Waals surface area contributed by atoms with Crippen molar-refractivity contribution >= 4 is 55.2 Å². The standard InChI is InChI=1S/C56H36N2O2/c59-55(41-11-3-1-4-12-41)43-23-19-37(20-24-43)39-27-31-45(32-28-39)57-51-18-10-8-16-49(51)53-52(57)36-35-48-47-15-7-9-17-50(47)58(54(48)53)46-33-29-40(30-34-46)38-21-25-44(26-22-38)56(60)42-13-5-2-6-14-42/h1-36H. The Kier molecular flexibility index (Phi) is 8.42. The molecule has 9 aromatic carbocycles. The highest BCUT2D eigenvalue weighted by Gasteiger charge is 2.21. The van der Waals surface area contributed by atoms with Gasteiger partial charge < -0.3 is 9.13 Å². The van der Waals surface area contributed by atoms with Crippen molar-refractivity contribution < 1.29 is 9.59 Å². The van der Waals surface area contributed by atoms with Crippen LogP contribution >= 0.6 is 0 Å². The molecule has 11 aromatic rings. The third-order valence-corrected chi connectivity index (χ3v) is 11.8. The number of benzene rings is 9. The maximum atomic E-state index is 13.1. The van der Waals surface area contributed by atoms with Crippen molar-refractivity contribution in [1.82, 2.24) is 9.13 Å². The minimum Gasteiger partial charge on any atom is -0.309 e. The number of ketones is 2. The Balaban J connectivity index is 0.985. The first-order valence-electron chi connectivity index (χ1n) is 20.2. The predicted molar refractivity (Wildman–Crippen MR) is 246 cm³/mol. The topological polar surface area (TPSA) is 44.0 Å². The van der Waals surface area contributed by atoms with E-state index >= 15 is 0 Å². The first kappa shape index (κ1) is 35.1. The summed E-state index contributed by atoms with van der Waals surface area (Å²) in [6, 6.07) is 73.9. The minimum absolute atomic E-state index is 0.0220. The van der Waals surface area contributed by atoms with E-state index in [0.717, 1.165) is 50.2 Å². The van der Waals surface area contributed by atoms with Gasteiger partial charge in [-0.3, -0.25) is 9.59 Å². The fraction of sp³-hybridized carbons (Fsp3) is 0. The van der Waals surface area contributed by atoms with Gasteiger partial charge in [0.2, 0.25) is 0 Å². The van der Waals surface area contributed by atoms with Gasteiger partial charge in [-0.1, -0.05) is 176 Å². The lowest BCUT2D eigenvalue weighted by Crippen LogP contribution is -2.00. The second-order valence-corrected chi connectivity index (χ2v) is 15.2. The maximum absolute atomic E-state index is 13.1. The largest absolute Gasteiger partial charge is 0.309 e. The Bertz CT molecular complexity index is 3400. The number of carbonyl (C=O) groups is 2. The van der Waals surface area contributed by atoms with Crippen LogP contribution in [0, 0.1) is 0 Å². The number of hydrogen-bond donors (Lipinski definition) is 0. The van der Waals surface area contributed by atoms with Crippen molar-refractivity contribution in [1.29, 1.82) is 0 Å². The van der Waals surface area contributed by atoms with Crippen LogP contribution in [-0.2, 0) is 0 Å². The average Bonchev–Trinajstić information content (AvgIpc) is 3.85. The lowest BCUT2D eigenvalue weighted by molar-refractivity contribution is 0.103. The fourth-order valence-corrected chi connectivity index (χ4v) is 8.80. The van der Waals surface area contributed by atoms with Crippen LogP contribution < -0.4 is 0 Å². The van der Waals surface area contributed by atoms with E-state index in [-0.39, 0.29) is 11.6 Å². The normalized spacial score (nSPS) is 11.5. The van der Waals surface area contributed by atoms with Crippen LogP contribution in [0.3, 0.4) is 0 Å². The Morgan fingerprint density at radius 1 is 0.283 bits per heavy atom. The van der Waals surface area contributed by atoms with Crippen molar-refractivity contribution in [2.75, 3.05) is 0 Å². The second-order valence-electron chi connectivity index (χ2n) is 15.2. The summed E-state index contributed by atoms with van der Waals surface area (Å²) >= 11 is 0. The van der Waals surface area contributed by atoms with Gasteiger partial charge in [0.25, 0.3) is 0 Å². The Labute approximate surface area is 346 Å². The quantitative estimate of drug-likeness (QED) is 0.145. The van der Waals surface area contributed by atoms with Crippen LogP contribution in [0.25, 0.3) is 77.2 Å². The molecule has 0 aliphatic heterocycles. The molecule has 4 nitrogen and oxygen atoms in total. The van der Waals surface area contributed by atoms with Gasteiger partial charge in [0, 0.05) is 55.2 Å². The van der Waals surface area contributed by atoms with Crippen LogP contribution in [-0.4, -0.2) is 20.7 Å². The van der Waals surface area contributed by atoms with Gasteiger partial charge in [-0.25, -0.2) is 0 Å². The highest BCUT2D eigenvalue weighted by atomic mass is 16.1. The van der Waals surface area contributed by atoms with Crippen molar-refractivity contribution in [2.45, 2.75) is 0 Å². The molecule has 2 heterocycles. The van der Waals surface area contributed by atoms with Gasteiger partial charge in [-0.2, -0.15) is 0 Å². The van der Waals surface area contributed by atoms with E-state index in [9.17, 15) is 9.59 Å². The molecule has 0 saturated heterocycles. The zero-order chi connectivity index (χ0) is 40.2. The van der Waals surface area contributed by atoms with E-state index in [2.05, 4.69) is 118 Å². The molecule has 0 aliphatic rings. The van der Waals surface area contributed by atoms with E-state index in [1.54, 1.807) is 0 Å². The highest BCUT2D eigenvalue weighted by Crippen LogP contribution is 2.42.